The van der Waals surface area contributed by atoms with Crippen LogP contribution >= 0.6 is 11.8 Å². The van der Waals surface area contributed by atoms with Crippen LogP contribution in [0.4, 0.5) is 43.9 Å². The summed E-state index contributed by atoms with van der Waals surface area (Å²) in [7, 11) is 0. The summed E-state index contributed by atoms with van der Waals surface area (Å²) in [5.74, 6) is -3.62. The first-order valence-electron chi connectivity index (χ1n) is 5.77. The third kappa shape index (κ3) is 3.14. The van der Waals surface area contributed by atoms with Crippen LogP contribution in [0, 0.1) is 5.41 Å². The quantitative estimate of drug-likeness (QED) is 0.492. The van der Waals surface area contributed by atoms with Gasteiger partial charge < -0.3 is 4.79 Å². The molecule has 13 heteroatoms. The number of aliphatic imine (C=N–C) groups is 1. The highest BCUT2D eigenvalue weighted by Crippen LogP contribution is 2.63. The van der Waals surface area contributed by atoms with Crippen molar-refractivity contribution in [1.29, 1.82) is 0 Å². The first-order chi connectivity index (χ1) is 10.4. The number of carbonyl (C=O) groups excluding carboxylic acids is 1. The fourth-order valence-electron chi connectivity index (χ4n) is 1.61. The number of carbonyl (C=O) groups is 1. The van der Waals surface area contributed by atoms with Gasteiger partial charge >= 0.3 is 18.5 Å². The molecule has 0 atom stereocenters. The van der Waals surface area contributed by atoms with Crippen molar-refractivity contribution in [1.82, 2.24) is 0 Å². The van der Waals surface area contributed by atoms with Crippen molar-refractivity contribution in [2.75, 3.05) is 0 Å². The van der Waals surface area contributed by atoms with E-state index in [-0.39, 0.29) is 6.29 Å². The molecule has 0 amide bonds. The van der Waals surface area contributed by atoms with Crippen LogP contribution in [0.3, 0.4) is 0 Å². The van der Waals surface area contributed by atoms with E-state index in [1.54, 1.807) is 0 Å². The molecular weight excluding hydrogens is 384 g/mol. The smallest absolute Gasteiger partial charge is 0.302 e. The summed E-state index contributed by atoms with van der Waals surface area (Å²) in [6.45, 7) is 1.66. The van der Waals surface area contributed by atoms with Crippen molar-refractivity contribution in [3.8, 4) is 0 Å². The van der Waals surface area contributed by atoms with Gasteiger partial charge in [-0.25, -0.2) is 4.99 Å². The second kappa shape index (κ2) is 5.63. The summed E-state index contributed by atoms with van der Waals surface area (Å²) >= 11 is -1.17. The van der Waals surface area contributed by atoms with Crippen LogP contribution < -0.4 is 0 Å². The Balaban J connectivity index is 3.88. The second-order valence-corrected chi connectivity index (χ2v) is 6.40. The third-order valence-electron chi connectivity index (χ3n) is 2.90. The average molecular weight is 391 g/mol. The Bertz CT molecular complexity index is 581. The van der Waals surface area contributed by atoms with Gasteiger partial charge in [0.1, 0.15) is 12.0 Å². The Morgan fingerprint density at radius 1 is 1.00 bits per heavy atom. The number of halogens is 10. The Morgan fingerprint density at radius 3 is 1.71 bits per heavy atom. The third-order valence-corrected chi connectivity index (χ3v) is 4.67. The Kier molecular flexibility index (Phi) is 4.87. The van der Waals surface area contributed by atoms with Gasteiger partial charge in [0.05, 0.1) is 10.5 Å². The van der Waals surface area contributed by atoms with Gasteiger partial charge in [-0.1, -0.05) is 11.8 Å². The van der Waals surface area contributed by atoms with Crippen LogP contribution in [-0.4, -0.2) is 34.6 Å². The van der Waals surface area contributed by atoms with Crippen LogP contribution in [-0.2, 0) is 4.79 Å². The molecule has 1 aliphatic rings. The first kappa shape index (κ1) is 20.8. The fraction of sp³-hybridized carbons (Fsp3) is 0.636. The Morgan fingerprint density at radius 2 is 1.42 bits per heavy atom. The lowest BCUT2D eigenvalue weighted by Gasteiger charge is -2.34. The lowest BCUT2D eigenvalue weighted by Crippen LogP contribution is -2.55. The average Bonchev–Trinajstić information content (AvgIpc) is 2.77. The molecule has 0 N–H and O–H groups in total. The largest absolute Gasteiger partial charge is 0.444 e. The Labute approximate surface area is 132 Å². The van der Waals surface area contributed by atoms with E-state index in [1.165, 1.54) is 0 Å². The van der Waals surface area contributed by atoms with Crippen molar-refractivity contribution in [3.05, 3.63) is 11.5 Å². The summed E-state index contributed by atoms with van der Waals surface area (Å²) in [5.41, 5.74) is -4.95. The summed E-state index contributed by atoms with van der Waals surface area (Å²) in [6.07, 6.45) is -19.0. The molecule has 1 heterocycles. The molecule has 0 aromatic heterocycles. The highest BCUT2D eigenvalue weighted by Gasteiger charge is 2.78. The van der Waals surface area contributed by atoms with Crippen molar-refractivity contribution >= 4 is 23.1 Å². The number of alkyl halides is 9. The van der Waals surface area contributed by atoms with Gasteiger partial charge in [-0.2, -0.15) is 43.9 Å². The van der Waals surface area contributed by atoms with Crippen LogP contribution in [0.5, 0.6) is 0 Å². The van der Waals surface area contributed by atoms with Gasteiger partial charge in [-0.3, -0.25) is 0 Å². The standard InChI is InChI=1S/C11H7F10NOS/c1-7(2,3-23)6-22-5(4(12)9(13,14)15)8(24-6,10(16,17)18)11(19,20)21/h3H,1-2H3. The fourth-order valence-corrected chi connectivity index (χ4v) is 2.81. The molecule has 0 saturated heterocycles. The molecule has 0 radical (unpaired) electrons. The summed E-state index contributed by atoms with van der Waals surface area (Å²) in [4.78, 5) is 13.4. The van der Waals surface area contributed by atoms with E-state index < -0.39 is 57.0 Å². The van der Waals surface area contributed by atoms with Gasteiger partial charge in [-0.15, -0.1) is 0 Å². The number of hydrogen-bond donors (Lipinski definition) is 0. The van der Waals surface area contributed by atoms with Crippen molar-refractivity contribution in [2.45, 2.75) is 37.1 Å². The molecule has 0 saturated carbocycles. The molecule has 0 bridgehead atoms. The van der Waals surface area contributed by atoms with Crippen LogP contribution in [0.2, 0.25) is 0 Å². The minimum absolute atomic E-state index is 0.106. The van der Waals surface area contributed by atoms with E-state index in [0.29, 0.717) is 0 Å². The Hall–Kier alpha value is -1.27. The van der Waals surface area contributed by atoms with E-state index >= 15 is 0 Å². The molecule has 0 spiro atoms. The van der Waals surface area contributed by atoms with Gasteiger partial charge in [-0.05, 0) is 13.8 Å². The summed E-state index contributed by atoms with van der Waals surface area (Å²) in [6, 6.07) is 0. The molecule has 1 rings (SSSR count). The second-order valence-electron chi connectivity index (χ2n) is 5.20. The maximum Gasteiger partial charge on any atom is 0.444 e. The van der Waals surface area contributed by atoms with Crippen LogP contribution in [0.25, 0.3) is 0 Å². The predicted octanol–water partition coefficient (Wildman–Crippen LogP) is 4.96. The molecular formula is C11H7F10NOS. The van der Waals surface area contributed by atoms with Crippen LogP contribution in [0.1, 0.15) is 13.8 Å². The highest BCUT2D eigenvalue weighted by atomic mass is 32.2. The zero-order chi connectivity index (χ0) is 19.4. The van der Waals surface area contributed by atoms with E-state index in [1.807, 2.05) is 0 Å². The van der Waals surface area contributed by atoms with Gasteiger partial charge in [0, 0.05) is 0 Å². The molecule has 138 valence electrons. The molecule has 0 aromatic carbocycles. The molecule has 0 unspecified atom stereocenters. The van der Waals surface area contributed by atoms with E-state index in [4.69, 9.17) is 0 Å². The molecule has 0 aliphatic carbocycles. The number of aldehydes is 1. The van der Waals surface area contributed by atoms with Gasteiger partial charge in [0.15, 0.2) is 0 Å². The minimum Gasteiger partial charge on any atom is -0.302 e. The van der Waals surface area contributed by atoms with Crippen molar-refractivity contribution in [3.63, 3.8) is 0 Å². The summed E-state index contributed by atoms with van der Waals surface area (Å²) in [5, 5.41) is -1.23. The van der Waals surface area contributed by atoms with Gasteiger partial charge in [0.25, 0.3) is 4.75 Å². The number of rotatable bonds is 2. The SMILES string of the molecule is CC(C)(C=O)C1=NC(=C(F)C(F)(F)F)C(C(F)(F)F)(C(F)(F)F)S1. The lowest BCUT2D eigenvalue weighted by molar-refractivity contribution is -0.253. The number of thioether (sulfide) groups is 1. The monoisotopic (exact) mass is 391 g/mol. The van der Waals surface area contributed by atoms with E-state index in [0.717, 1.165) is 13.8 Å². The molecule has 1 aliphatic heterocycles. The van der Waals surface area contributed by atoms with Gasteiger partial charge in [0.2, 0.25) is 5.83 Å². The highest BCUT2D eigenvalue weighted by molar-refractivity contribution is 8.15. The van der Waals surface area contributed by atoms with E-state index in [9.17, 15) is 48.7 Å². The molecule has 0 fully saturated rings. The maximum absolute atomic E-state index is 13.4. The first-order valence-corrected chi connectivity index (χ1v) is 6.59. The normalized spacial score (nSPS) is 21.6. The molecule has 2 nitrogen and oxygen atoms in total. The topological polar surface area (TPSA) is 29.4 Å². The van der Waals surface area contributed by atoms with Crippen molar-refractivity contribution < 1.29 is 48.7 Å². The number of nitrogens with zero attached hydrogens (tertiary/aromatic N) is 1. The number of allylic oxidation sites excluding steroid dienone is 1. The minimum atomic E-state index is -6.36. The van der Waals surface area contributed by atoms with Crippen LogP contribution in [0.15, 0.2) is 16.5 Å². The zero-order valence-corrected chi connectivity index (χ0v) is 12.4. The predicted molar refractivity (Wildman–Crippen MR) is 63.9 cm³/mol. The molecule has 0 aromatic rings. The van der Waals surface area contributed by atoms with Crippen molar-refractivity contribution in [2.24, 2.45) is 10.4 Å². The maximum atomic E-state index is 13.4. The summed E-state index contributed by atoms with van der Waals surface area (Å²) < 4.78 is 124. The lowest BCUT2D eigenvalue weighted by atomic mass is 9.97. The molecule has 24 heavy (non-hydrogen) atoms. The zero-order valence-electron chi connectivity index (χ0n) is 11.6. The number of hydrogen-bond acceptors (Lipinski definition) is 3. The van der Waals surface area contributed by atoms with E-state index in [2.05, 4.69) is 4.99 Å².